The fourth-order valence-corrected chi connectivity index (χ4v) is 1.22. The largest absolute Gasteiger partial charge is 0.486 e. The van der Waals surface area contributed by atoms with Gasteiger partial charge >= 0.3 is 5.97 Å². The van der Waals surface area contributed by atoms with Gasteiger partial charge in [-0.15, -0.1) is 0 Å². The third-order valence-corrected chi connectivity index (χ3v) is 1.92. The van der Waals surface area contributed by atoms with Gasteiger partial charge in [-0.05, 0) is 24.6 Å². The predicted molar refractivity (Wildman–Crippen MR) is 60.0 cm³/mol. The molecular weight excluding hydrogens is 224 g/mol. The fraction of sp³-hybridized carbons (Fsp3) is 0.333. The Labute approximate surface area is 99.3 Å². The summed E-state index contributed by atoms with van der Waals surface area (Å²) in [5.74, 6) is 0.430. The van der Waals surface area contributed by atoms with E-state index in [0.717, 1.165) is 5.56 Å². The molecule has 0 bridgehead atoms. The Morgan fingerprint density at radius 1 is 1.29 bits per heavy atom. The smallest absolute Gasteiger partial charge is 0.302 e. The van der Waals surface area contributed by atoms with Crippen molar-refractivity contribution in [2.75, 3.05) is 13.2 Å². The first kappa shape index (κ1) is 13.0. The summed E-state index contributed by atoms with van der Waals surface area (Å²) in [5, 5.41) is 0. The van der Waals surface area contributed by atoms with Crippen molar-refractivity contribution in [2.24, 2.45) is 0 Å². The van der Waals surface area contributed by atoms with E-state index in [9.17, 15) is 9.59 Å². The minimum atomic E-state index is -0.359. The van der Waals surface area contributed by atoms with Crippen molar-refractivity contribution in [2.45, 2.75) is 13.8 Å². The van der Waals surface area contributed by atoms with Crippen LogP contribution in [0.15, 0.2) is 18.2 Å². The van der Waals surface area contributed by atoms with Crippen molar-refractivity contribution in [3.05, 3.63) is 23.8 Å². The molecule has 0 saturated heterocycles. The summed E-state index contributed by atoms with van der Waals surface area (Å²) in [6, 6.07) is 5.22. The lowest BCUT2D eigenvalue weighted by atomic mass is 10.2. The third kappa shape index (κ3) is 4.55. The number of esters is 1. The van der Waals surface area contributed by atoms with Gasteiger partial charge in [0.2, 0.25) is 0 Å². The molecule has 1 aromatic carbocycles. The van der Waals surface area contributed by atoms with E-state index < -0.39 is 0 Å². The number of ether oxygens (including phenoxy) is 3. The molecule has 5 nitrogen and oxygen atoms in total. The number of carbonyl (C=O) groups excluding carboxylic acids is 2. The van der Waals surface area contributed by atoms with E-state index in [1.165, 1.54) is 6.92 Å². The van der Waals surface area contributed by atoms with Crippen LogP contribution in [0.3, 0.4) is 0 Å². The summed E-state index contributed by atoms with van der Waals surface area (Å²) in [4.78, 5) is 20.8. The first-order valence-electron chi connectivity index (χ1n) is 5.10. The van der Waals surface area contributed by atoms with Gasteiger partial charge in [-0.1, -0.05) is 6.07 Å². The number of hydrogen-bond acceptors (Lipinski definition) is 5. The van der Waals surface area contributed by atoms with Gasteiger partial charge in [0.15, 0.2) is 11.5 Å². The van der Waals surface area contributed by atoms with Gasteiger partial charge in [-0.2, -0.15) is 0 Å². The van der Waals surface area contributed by atoms with Gasteiger partial charge < -0.3 is 14.2 Å². The molecular formula is C12H14O5. The summed E-state index contributed by atoms with van der Waals surface area (Å²) in [7, 11) is 0. The Morgan fingerprint density at radius 2 is 2.06 bits per heavy atom. The lowest BCUT2D eigenvalue weighted by Crippen LogP contribution is -2.10. The van der Waals surface area contributed by atoms with Crippen LogP contribution in [0.1, 0.15) is 12.5 Å². The van der Waals surface area contributed by atoms with Crippen molar-refractivity contribution in [3.8, 4) is 11.5 Å². The van der Waals surface area contributed by atoms with E-state index in [1.807, 2.05) is 13.0 Å². The number of benzene rings is 1. The molecule has 0 unspecified atom stereocenters. The second-order valence-corrected chi connectivity index (χ2v) is 3.35. The van der Waals surface area contributed by atoms with Crippen LogP contribution in [0.2, 0.25) is 0 Å². The van der Waals surface area contributed by atoms with E-state index in [0.29, 0.717) is 18.0 Å². The summed E-state index contributed by atoms with van der Waals surface area (Å²) in [5.41, 5.74) is 0.953. The third-order valence-electron chi connectivity index (χ3n) is 1.92. The van der Waals surface area contributed by atoms with Crippen LogP contribution >= 0.6 is 0 Å². The second-order valence-electron chi connectivity index (χ2n) is 3.35. The Kier molecular flexibility index (Phi) is 5.00. The average molecular weight is 238 g/mol. The van der Waals surface area contributed by atoms with Gasteiger partial charge in [-0.3, -0.25) is 9.59 Å². The molecule has 92 valence electrons. The highest BCUT2D eigenvalue weighted by Crippen LogP contribution is 2.27. The van der Waals surface area contributed by atoms with Crippen molar-refractivity contribution in [1.82, 2.24) is 0 Å². The highest BCUT2D eigenvalue weighted by atomic mass is 16.6. The summed E-state index contributed by atoms with van der Waals surface area (Å²) in [6.45, 7) is 3.91. The molecule has 0 aliphatic carbocycles. The van der Waals surface area contributed by atoms with E-state index in [4.69, 9.17) is 14.2 Å². The van der Waals surface area contributed by atoms with Gasteiger partial charge in [-0.25, -0.2) is 0 Å². The molecule has 0 aromatic heterocycles. The predicted octanol–water partition coefficient (Wildman–Crippen LogP) is 1.47. The Morgan fingerprint density at radius 3 is 2.71 bits per heavy atom. The van der Waals surface area contributed by atoms with Crippen molar-refractivity contribution >= 4 is 12.4 Å². The lowest BCUT2D eigenvalue weighted by Gasteiger charge is -2.10. The molecule has 0 fully saturated rings. The van der Waals surface area contributed by atoms with Crippen LogP contribution in [0.25, 0.3) is 0 Å². The summed E-state index contributed by atoms with van der Waals surface area (Å²) < 4.78 is 14.8. The SMILES string of the molecule is CC(=O)OCCOc1ccc(C)cc1OC=O. The molecule has 0 radical (unpaired) electrons. The normalized spacial score (nSPS) is 9.53. The molecule has 0 saturated carbocycles. The highest BCUT2D eigenvalue weighted by molar-refractivity contribution is 5.65. The molecule has 0 N–H and O–H groups in total. The molecule has 0 atom stereocenters. The zero-order valence-corrected chi connectivity index (χ0v) is 9.76. The van der Waals surface area contributed by atoms with Crippen LogP contribution in [0.5, 0.6) is 11.5 Å². The quantitative estimate of drug-likeness (QED) is 0.426. The number of aryl methyl sites for hydroxylation is 1. The van der Waals surface area contributed by atoms with Crippen LogP contribution < -0.4 is 9.47 Å². The number of carbonyl (C=O) groups is 2. The number of hydrogen-bond donors (Lipinski definition) is 0. The molecule has 0 amide bonds. The van der Waals surface area contributed by atoms with Crippen LogP contribution in [-0.4, -0.2) is 25.7 Å². The molecule has 5 heteroatoms. The second kappa shape index (κ2) is 6.52. The topological polar surface area (TPSA) is 61.8 Å². The molecule has 0 aliphatic rings. The first-order chi connectivity index (χ1) is 8.13. The molecule has 1 aromatic rings. The Balaban J connectivity index is 2.57. The van der Waals surface area contributed by atoms with Gasteiger partial charge in [0.25, 0.3) is 6.47 Å². The maximum absolute atomic E-state index is 10.5. The van der Waals surface area contributed by atoms with Gasteiger partial charge in [0, 0.05) is 6.92 Å². The molecule has 0 spiro atoms. The highest BCUT2D eigenvalue weighted by Gasteiger charge is 2.05. The maximum atomic E-state index is 10.5. The molecule has 17 heavy (non-hydrogen) atoms. The molecule has 1 rings (SSSR count). The molecule has 0 heterocycles. The Hall–Kier alpha value is -2.04. The molecule has 0 aliphatic heterocycles. The summed E-state index contributed by atoms with van der Waals surface area (Å²) in [6.07, 6.45) is 0. The van der Waals surface area contributed by atoms with Crippen LogP contribution in [0.4, 0.5) is 0 Å². The first-order valence-corrected chi connectivity index (χ1v) is 5.10. The van der Waals surface area contributed by atoms with E-state index in [-0.39, 0.29) is 19.2 Å². The van der Waals surface area contributed by atoms with Gasteiger partial charge in [0.1, 0.15) is 13.2 Å². The van der Waals surface area contributed by atoms with E-state index >= 15 is 0 Å². The monoisotopic (exact) mass is 238 g/mol. The summed E-state index contributed by atoms with van der Waals surface area (Å²) >= 11 is 0. The number of rotatable bonds is 6. The minimum absolute atomic E-state index is 0.156. The standard InChI is InChI=1S/C12H14O5/c1-9-3-4-11(12(7-9)17-8-13)16-6-5-15-10(2)14/h3-4,7-8H,5-6H2,1-2H3. The zero-order valence-electron chi connectivity index (χ0n) is 9.76. The van der Waals surface area contributed by atoms with E-state index in [1.54, 1.807) is 12.1 Å². The van der Waals surface area contributed by atoms with Crippen molar-refractivity contribution < 1.29 is 23.8 Å². The average Bonchev–Trinajstić information content (AvgIpc) is 2.27. The minimum Gasteiger partial charge on any atom is -0.486 e. The fourth-order valence-electron chi connectivity index (χ4n) is 1.22. The van der Waals surface area contributed by atoms with Crippen molar-refractivity contribution in [3.63, 3.8) is 0 Å². The van der Waals surface area contributed by atoms with Crippen molar-refractivity contribution in [1.29, 1.82) is 0 Å². The lowest BCUT2D eigenvalue weighted by molar-refractivity contribution is -0.141. The maximum Gasteiger partial charge on any atom is 0.302 e. The Bertz CT molecular complexity index is 400. The van der Waals surface area contributed by atoms with Crippen LogP contribution in [-0.2, 0) is 14.3 Å². The van der Waals surface area contributed by atoms with Gasteiger partial charge in [0.05, 0.1) is 0 Å². The van der Waals surface area contributed by atoms with E-state index in [2.05, 4.69) is 0 Å². The zero-order chi connectivity index (χ0) is 12.7. The van der Waals surface area contributed by atoms with Crippen LogP contribution in [0, 0.1) is 6.92 Å².